The molecule has 3 heterocycles. The summed E-state index contributed by atoms with van der Waals surface area (Å²) in [4.78, 5) is 19.0. The number of benzene rings is 2. The molecule has 0 atom stereocenters. The van der Waals surface area contributed by atoms with Crippen molar-refractivity contribution in [2.24, 2.45) is 0 Å². The van der Waals surface area contributed by atoms with Gasteiger partial charge in [0.2, 0.25) is 0 Å². The Morgan fingerprint density at radius 3 is 2.52 bits per heavy atom. The van der Waals surface area contributed by atoms with Crippen molar-refractivity contribution in [1.82, 2.24) is 19.9 Å². The van der Waals surface area contributed by atoms with Crippen LogP contribution in [0.4, 0.5) is 5.82 Å². The average molecular weight is 454 g/mol. The van der Waals surface area contributed by atoms with Crippen LogP contribution in [0.15, 0.2) is 60.8 Å². The van der Waals surface area contributed by atoms with E-state index in [-0.39, 0.29) is 0 Å². The number of anilines is 1. The smallest absolute Gasteiger partial charge is 0.165 e. The number of hydrogen-bond donors (Lipinski definition) is 0. The number of terminal acetylenes is 1. The summed E-state index contributed by atoms with van der Waals surface area (Å²) in [5, 5.41) is 3.76. The zero-order valence-electron chi connectivity index (χ0n) is 18.6. The Morgan fingerprint density at radius 2 is 1.79 bits per heavy atom. The van der Waals surface area contributed by atoms with E-state index in [0.29, 0.717) is 10.7 Å². The third kappa shape index (κ3) is 3.88. The fraction of sp³-hybridized carbons (Fsp3) is 0.222. The molecule has 4 aromatic rings. The van der Waals surface area contributed by atoms with Crippen molar-refractivity contribution in [1.29, 1.82) is 0 Å². The molecule has 1 aliphatic heterocycles. The topological polar surface area (TPSA) is 45.2 Å². The molecule has 0 unspecified atom stereocenters. The number of piperazine rings is 1. The van der Waals surface area contributed by atoms with Crippen LogP contribution >= 0.6 is 11.6 Å². The Bertz CT molecular complexity index is 1410. The van der Waals surface area contributed by atoms with E-state index in [1.807, 2.05) is 24.3 Å². The zero-order chi connectivity index (χ0) is 22.9. The van der Waals surface area contributed by atoms with Gasteiger partial charge in [-0.2, -0.15) is 0 Å². The molecule has 0 saturated carbocycles. The number of halogens is 1. The molecule has 5 nitrogen and oxygen atoms in total. The van der Waals surface area contributed by atoms with Gasteiger partial charge in [-0.05, 0) is 23.6 Å². The molecule has 0 N–H and O–H groups in total. The number of allylic oxidation sites excluding steroid dienone is 1. The van der Waals surface area contributed by atoms with Gasteiger partial charge in [0.1, 0.15) is 11.6 Å². The Balaban J connectivity index is 1.58. The normalized spacial score (nSPS) is 14.0. The summed E-state index contributed by atoms with van der Waals surface area (Å²) in [6.07, 6.45) is 6.26. The lowest BCUT2D eigenvalue weighted by Gasteiger charge is -2.36. The molecule has 164 valence electrons. The molecule has 0 aliphatic carbocycles. The van der Waals surface area contributed by atoms with Crippen LogP contribution in [-0.2, 0) is 6.42 Å². The summed E-state index contributed by atoms with van der Waals surface area (Å²) in [5.41, 5.74) is 3.29. The molecule has 1 aliphatic rings. The minimum absolute atomic E-state index is 0.703. The largest absolute Gasteiger partial charge is 0.362 e. The Labute approximate surface area is 198 Å². The van der Waals surface area contributed by atoms with Gasteiger partial charge in [-0.25, -0.2) is 15.0 Å². The molecule has 0 bridgehead atoms. The molecular weight excluding hydrogens is 430 g/mol. The van der Waals surface area contributed by atoms with E-state index in [2.05, 4.69) is 53.5 Å². The highest BCUT2D eigenvalue weighted by Crippen LogP contribution is 2.34. The number of hydrogen-bond acceptors (Lipinski definition) is 5. The molecule has 2 aromatic heterocycles. The van der Waals surface area contributed by atoms with E-state index in [4.69, 9.17) is 33.0 Å². The molecule has 5 rings (SSSR count). The van der Waals surface area contributed by atoms with Gasteiger partial charge in [0.15, 0.2) is 5.65 Å². The Hall–Kier alpha value is -3.62. The molecule has 33 heavy (non-hydrogen) atoms. The molecule has 0 radical (unpaired) electrons. The highest BCUT2D eigenvalue weighted by molar-refractivity contribution is 6.36. The van der Waals surface area contributed by atoms with Gasteiger partial charge in [0, 0.05) is 48.6 Å². The first-order valence-electron chi connectivity index (χ1n) is 11.1. The first kappa shape index (κ1) is 21.2. The van der Waals surface area contributed by atoms with E-state index in [0.717, 1.165) is 77.4 Å². The summed E-state index contributed by atoms with van der Waals surface area (Å²) in [7, 11) is 0. The standard InChI is InChI=1S/C27H24ClN5/c1-4-18(3)32-14-16-33(17-15-32)27-21-12-13-23(29-26(21)30-24(5-2)31-27)20-10-6-8-19-9-7-11-22(28)25(19)20/h1,6-13H,3,5,14-17H2,2H3. The van der Waals surface area contributed by atoms with Crippen molar-refractivity contribution in [3.63, 3.8) is 0 Å². The zero-order valence-corrected chi connectivity index (χ0v) is 19.3. The van der Waals surface area contributed by atoms with E-state index in [1.54, 1.807) is 0 Å². The first-order valence-corrected chi connectivity index (χ1v) is 11.5. The maximum atomic E-state index is 6.57. The first-order chi connectivity index (χ1) is 16.1. The lowest BCUT2D eigenvalue weighted by Crippen LogP contribution is -2.46. The molecule has 1 fully saturated rings. The second-order valence-electron chi connectivity index (χ2n) is 8.09. The SMILES string of the molecule is C#CC(=C)N1CCN(c2nc(CC)nc3nc(-c4cccc5cccc(Cl)c45)ccc23)CC1. The highest BCUT2D eigenvalue weighted by atomic mass is 35.5. The van der Waals surface area contributed by atoms with Crippen LogP contribution in [0.5, 0.6) is 0 Å². The molecule has 0 amide bonds. The second kappa shape index (κ2) is 8.73. The quantitative estimate of drug-likeness (QED) is 0.391. The highest BCUT2D eigenvalue weighted by Gasteiger charge is 2.22. The van der Waals surface area contributed by atoms with E-state index in [9.17, 15) is 0 Å². The van der Waals surface area contributed by atoms with Gasteiger partial charge in [-0.3, -0.25) is 0 Å². The summed E-state index contributed by atoms with van der Waals surface area (Å²) in [5.74, 6) is 4.36. The number of fused-ring (bicyclic) bond motifs is 2. The summed E-state index contributed by atoms with van der Waals surface area (Å²) in [6.45, 7) is 9.29. The van der Waals surface area contributed by atoms with E-state index >= 15 is 0 Å². The molecular formula is C27H24ClN5. The second-order valence-corrected chi connectivity index (χ2v) is 8.50. The summed E-state index contributed by atoms with van der Waals surface area (Å²) in [6, 6.07) is 16.2. The number of pyridine rings is 1. The predicted octanol–water partition coefficient (Wildman–Crippen LogP) is 5.33. The molecule has 1 saturated heterocycles. The molecule has 0 spiro atoms. The van der Waals surface area contributed by atoms with Gasteiger partial charge < -0.3 is 9.80 Å². The van der Waals surface area contributed by atoms with Crippen LogP contribution in [-0.4, -0.2) is 46.0 Å². The van der Waals surface area contributed by atoms with Crippen molar-refractivity contribution < 1.29 is 0 Å². The van der Waals surface area contributed by atoms with E-state index in [1.165, 1.54) is 0 Å². The predicted molar refractivity (Wildman–Crippen MR) is 136 cm³/mol. The number of rotatable bonds is 4. The minimum atomic E-state index is 0.703. The van der Waals surface area contributed by atoms with Crippen LogP contribution in [0.25, 0.3) is 33.1 Å². The van der Waals surface area contributed by atoms with E-state index < -0.39 is 0 Å². The number of nitrogens with zero attached hydrogens (tertiary/aromatic N) is 5. The number of aryl methyl sites for hydroxylation is 1. The van der Waals surface area contributed by atoms with Crippen molar-refractivity contribution in [2.45, 2.75) is 13.3 Å². The Morgan fingerprint density at radius 1 is 1.03 bits per heavy atom. The van der Waals surface area contributed by atoms with Gasteiger partial charge in [-0.15, -0.1) is 6.42 Å². The van der Waals surface area contributed by atoms with Crippen LogP contribution in [0.1, 0.15) is 12.7 Å². The maximum absolute atomic E-state index is 6.57. The van der Waals surface area contributed by atoms with Crippen molar-refractivity contribution >= 4 is 39.2 Å². The van der Waals surface area contributed by atoms with Crippen molar-refractivity contribution in [3.8, 4) is 23.6 Å². The summed E-state index contributed by atoms with van der Waals surface area (Å²) < 4.78 is 0. The minimum Gasteiger partial charge on any atom is -0.362 e. The number of aromatic nitrogens is 3. The fourth-order valence-corrected chi connectivity index (χ4v) is 4.66. The van der Waals surface area contributed by atoms with Crippen molar-refractivity contribution in [3.05, 3.63) is 71.7 Å². The van der Waals surface area contributed by atoms with Crippen molar-refractivity contribution in [2.75, 3.05) is 31.1 Å². The molecule has 6 heteroatoms. The fourth-order valence-electron chi connectivity index (χ4n) is 4.38. The molecule has 2 aromatic carbocycles. The Kier molecular flexibility index (Phi) is 5.62. The van der Waals surface area contributed by atoms with Crippen LogP contribution in [0, 0.1) is 12.3 Å². The maximum Gasteiger partial charge on any atom is 0.165 e. The van der Waals surface area contributed by atoms with Gasteiger partial charge >= 0.3 is 0 Å². The lowest BCUT2D eigenvalue weighted by atomic mass is 10.0. The van der Waals surface area contributed by atoms with Crippen LogP contribution in [0.2, 0.25) is 5.02 Å². The van der Waals surface area contributed by atoms with Crippen LogP contribution < -0.4 is 4.90 Å². The summed E-state index contributed by atoms with van der Waals surface area (Å²) >= 11 is 6.57. The van der Waals surface area contributed by atoms with Gasteiger partial charge in [0.05, 0.1) is 16.8 Å². The lowest BCUT2D eigenvalue weighted by molar-refractivity contribution is 0.333. The third-order valence-electron chi connectivity index (χ3n) is 6.16. The van der Waals surface area contributed by atoms with Gasteiger partial charge in [0.25, 0.3) is 0 Å². The van der Waals surface area contributed by atoms with Gasteiger partial charge in [-0.1, -0.05) is 61.4 Å². The van der Waals surface area contributed by atoms with Crippen LogP contribution in [0.3, 0.4) is 0 Å². The third-order valence-corrected chi connectivity index (χ3v) is 6.47. The monoisotopic (exact) mass is 453 g/mol. The average Bonchev–Trinajstić information content (AvgIpc) is 2.87.